The molecule has 2 aliphatic rings. The van der Waals surface area contributed by atoms with Gasteiger partial charge in [-0.3, -0.25) is 9.79 Å². The average Bonchev–Trinajstić information content (AvgIpc) is 3.41. The van der Waals surface area contributed by atoms with E-state index in [0.29, 0.717) is 24.6 Å². The van der Waals surface area contributed by atoms with Crippen molar-refractivity contribution in [2.75, 3.05) is 20.1 Å². The number of aliphatic imine (C=N–C) groups is 1. The van der Waals surface area contributed by atoms with Crippen molar-refractivity contribution in [3.63, 3.8) is 0 Å². The molecular weight excluding hydrogens is 424 g/mol. The number of nitrogens with zero attached hydrogens (tertiary/aromatic N) is 2. The van der Waals surface area contributed by atoms with Crippen LogP contribution in [0.5, 0.6) is 0 Å². The Kier molecular flexibility index (Phi) is 8.99. The third-order valence-electron chi connectivity index (χ3n) is 7.17. The van der Waals surface area contributed by atoms with Gasteiger partial charge in [0.05, 0.1) is 16.6 Å². The summed E-state index contributed by atoms with van der Waals surface area (Å²) in [4.78, 5) is 31.1. The molecule has 4 atom stereocenters. The van der Waals surface area contributed by atoms with Gasteiger partial charge in [-0.25, -0.2) is 0 Å². The zero-order valence-electron chi connectivity index (χ0n) is 19.1. The van der Waals surface area contributed by atoms with Gasteiger partial charge in [0.2, 0.25) is 0 Å². The number of likely N-dealkylation sites (tertiary alicyclic amines) is 1. The summed E-state index contributed by atoms with van der Waals surface area (Å²) in [5.41, 5.74) is 6.97. The highest BCUT2D eigenvalue weighted by Crippen LogP contribution is 2.40. The first kappa shape index (κ1) is 26.5. The molecule has 3 N–H and O–H groups in total. The molecule has 1 saturated heterocycles. The first-order valence-corrected chi connectivity index (χ1v) is 12.0. The van der Waals surface area contributed by atoms with Gasteiger partial charge in [0, 0.05) is 31.7 Å². The van der Waals surface area contributed by atoms with Gasteiger partial charge in [0.15, 0.2) is 5.17 Å². The minimum Gasteiger partial charge on any atom is -0.472 e. The van der Waals surface area contributed by atoms with Crippen molar-refractivity contribution in [3.8, 4) is 0 Å². The van der Waals surface area contributed by atoms with Crippen molar-refractivity contribution < 1.29 is 14.0 Å². The van der Waals surface area contributed by atoms with Gasteiger partial charge in [-0.15, -0.1) is 0 Å². The summed E-state index contributed by atoms with van der Waals surface area (Å²) in [5.74, 6) is 0.621. The predicted molar refractivity (Wildman–Crippen MR) is 132 cm³/mol. The number of amides is 1. The topological polar surface area (TPSA) is 101 Å². The molecule has 1 aromatic heterocycles. The lowest BCUT2D eigenvalue weighted by atomic mass is 9.85. The predicted octanol–water partition coefficient (Wildman–Crippen LogP) is 3.94. The number of aldehydes is 1. The number of carbonyl (C=O) groups is 2. The zero-order valence-corrected chi connectivity index (χ0v) is 19.9. The van der Waals surface area contributed by atoms with E-state index in [4.69, 9.17) is 10.2 Å². The van der Waals surface area contributed by atoms with E-state index in [-0.39, 0.29) is 30.8 Å². The minimum atomic E-state index is -0.598. The van der Waals surface area contributed by atoms with Gasteiger partial charge < -0.3 is 25.2 Å². The van der Waals surface area contributed by atoms with Crippen LogP contribution in [0.3, 0.4) is 0 Å². The second-order valence-electron chi connectivity index (χ2n) is 9.36. The van der Waals surface area contributed by atoms with Gasteiger partial charge in [0.1, 0.15) is 12.5 Å². The van der Waals surface area contributed by atoms with Gasteiger partial charge in [-0.2, -0.15) is 0 Å². The molecule has 180 valence electrons. The fourth-order valence-electron chi connectivity index (χ4n) is 4.92. The summed E-state index contributed by atoms with van der Waals surface area (Å²) >= 11 is 1.51. The smallest absolute Gasteiger partial charge is 0.257 e. The maximum absolute atomic E-state index is 12.6. The highest BCUT2D eigenvalue weighted by Gasteiger charge is 2.42. The Bertz CT molecular complexity index is 791. The van der Waals surface area contributed by atoms with Crippen LogP contribution in [0.25, 0.3) is 0 Å². The third kappa shape index (κ3) is 5.76. The third-order valence-corrected chi connectivity index (χ3v) is 8.53. The summed E-state index contributed by atoms with van der Waals surface area (Å²) in [6.07, 6.45) is 8.49. The summed E-state index contributed by atoms with van der Waals surface area (Å²) < 4.78 is 4.43. The molecule has 2 heterocycles. The Morgan fingerprint density at radius 3 is 2.62 bits per heavy atom. The highest BCUT2D eigenvalue weighted by atomic mass is 32.2. The monoisotopic (exact) mass is 464 g/mol. The molecule has 1 aliphatic carbocycles. The van der Waals surface area contributed by atoms with E-state index in [9.17, 15) is 9.59 Å². The molecule has 1 aromatic rings. The molecule has 1 aliphatic heterocycles. The van der Waals surface area contributed by atoms with Crippen LogP contribution in [0, 0.1) is 11.8 Å². The number of thioether (sulfide) groups is 1. The molecule has 1 amide bonds. The van der Waals surface area contributed by atoms with Crippen LogP contribution < -0.4 is 11.1 Å². The van der Waals surface area contributed by atoms with Gasteiger partial charge in [-0.05, 0) is 56.9 Å². The summed E-state index contributed by atoms with van der Waals surface area (Å²) in [5, 5.41) is 4.37. The van der Waals surface area contributed by atoms with Crippen LogP contribution in [0.2, 0.25) is 0 Å². The Morgan fingerprint density at radius 2 is 2.12 bits per heavy atom. The molecule has 1 saturated carbocycles. The first-order chi connectivity index (χ1) is 14.7. The van der Waals surface area contributed by atoms with Crippen molar-refractivity contribution in [2.24, 2.45) is 22.6 Å². The lowest BCUT2D eigenvalue weighted by molar-refractivity contribution is -0.110. The first-order valence-electron chi connectivity index (χ1n) is 11.2. The molecule has 32 heavy (non-hydrogen) atoms. The van der Waals surface area contributed by atoms with Crippen molar-refractivity contribution in [1.82, 2.24) is 10.2 Å². The number of amidine groups is 1. The lowest BCUT2D eigenvalue weighted by Gasteiger charge is -2.39. The van der Waals surface area contributed by atoms with Crippen LogP contribution in [0.15, 0.2) is 28.0 Å². The Hall–Kier alpha value is -1.80. The Morgan fingerprint density at radius 1 is 1.44 bits per heavy atom. The Labute approximate surface area is 197 Å². The van der Waals surface area contributed by atoms with Crippen molar-refractivity contribution in [1.29, 1.82) is 0 Å². The fraction of sp³-hybridized carbons (Fsp3) is 0.708. The molecule has 8 heteroatoms. The van der Waals surface area contributed by atoms with Crippen LogP contribution in [-0.4, -0.2) is 58.7 Å². The number of carbonyl (C=O) groups excluding carboxylic acids is 2. The molecule has 2 fully saturated rings. The standard InChI is InChI=1S/C23H36N4O3S.CH4/c1-5-23(24)12-16(2)19(13-23)26-21(25-4)31-22(3,15-28)18-6-9-27(10-7-18)20(29)17-8-11-30-14-17;/h8,11,14-16,18-19H,5-7,9-10,12-13,24H2,1-4H3,(H,25,26);1H4. The summed E-state index contributed by atoms with van der Waals surface area (Å²) in [6.45, 7) is 7.64. The number of nitrogens with one attached hydrogen (secondary N) is 1. The second kappa shape index (κ2) is 10.9. The molecule has 0 aromatic carbocycles. The SMILES string of the molecule is C.CCC1(N)CC(C)C(NC(=NC)SC(C)(C=O)C2CCN(C(=O)c3ccoc3)CC2)C1. The minimum absolute atomic E-state index is 0. The number of piperidine rings is 1. The van der Waals surface area contributed by atoms with E-state index in [0.717, 1.165) is 43.6 Å². The molecule has 7 nitrogen and oxygen atoms in total. The van der Waals surface area contributed by atoms with E-state index >= 15 is 0 Å². The normalized spacial score (nSPS) is 28.7. The van der Waals surface area contributed by atoms with Crippen LogP contribution >= 0.6 is 11.8 Å². The van der Waals surface area contributed by atoms with E-state index in [1.165, 1.54) is 24.3 Å². The number of rotatable bonds is 6. The van der Waals surface area contributed by atoms with Crippen LogP contribution in [-0.2, 0) is 4.79 Å². The molecule has 0 bridgehead atoms. The van der Waals surface area contributed by atoms with E-state index in [1.54, 1.807) is 13.1 Å². The van der Waals surface area contributed by atoms with Crippen LogP contribution in [0.1, 0.15) is 70.7 Å². The quantitative estimate of drug-likeness (QED) is 0.376. The summed E-state index contributed by atoms with van der Waals surface area (Å²) in [7, 11) is 1.77. The van der Waals surface area contributed by atoms with Gasteiger partial charge in [-0.1, -0.05) is 33.0 Å². The molecular formula is C24H40N4O3S. The number of hydrogen-bond acceptors (Lipinski definition) is 6. The zero-order chi connectivity index (χ0) is 22.6. The molecule has 0 spiro atoms. The molecule has 4 unspecified atom stereocenters. The van der Waals surface area contributed by atoms with E-state index in [1.807, 2.05) is 11.8 Å². The van der Waals surface area contributed by atoms with E-state index in [2.05, 4.69) is 24.2 Å². The average molecular weight is 465 g/mol. The number of furan rings is 1. The number of hydrogen-bond donors (Lipinski definition) is 2. The van der Waals surface area contributed by atoms with Crippen molar-refractivity contribution >= 4 is 29.1 Å². The second-order valence-corrected chi connectivity index (χ2v) is 10.8. The highest BCUT2D eigenvalue weighted by molar-refractivity contribution is 8.15. The summed E-state index contributed by atoms with van der Waals surface area (Å²) in [6, 6.07) is 1.95. The maximum Gasteiger partial charge on any atom is 0.257 e. The Balaban J connectivity index is 0.00000363. The molecule has 0 radical (unpaired) electrons. The maximum atomic E-state index is 12.6. The van der Waals surface area contributed by atoms with Crippen molar-refractivity contribution in [3.05, 3.63) is 24.2 Å². The molecule has 3 rings (SSSR count). The van der Waals surface area contributed by atoms with Gasteiger partial charge >= 0.3 is 0 Å². The van der Waals surface area contributed by atoms with Gasteiger partial charge in [0.25, 0.3) is 5.91 Å². The lowest BCUT2D eigenvalue weighted by Crippen LogP contribution is -2.47. The fourth-order valence-corrected chi connectivity index (χ4v) is 6.09. The van der Waals surface area contributed by atoms with E-state index < -0.39 is 4.75 Å². The largest absolute Gasteiger partial charge is 0.472 e. The number of nitrogens with two attached hydrogens (primary N) is 1. The van der Waals surface area contributed by atoms with Crippen molar-refractivity contribution in [2.45, 2.75) is 76.6 Å². The van der Waals surface area contributed by atoms with Crippen LogP contribution in [0.4, 0.5) is 0 Å².